The van der Waals surface area contributed by atoms with Crippen molar-refractivity contribution in [1.29, 1.82) is 0 Å². The molecule has 0 bridgehead atoms. The van der Waals surface area contributed by atoms with E-state index in [1.54, 1.807) is 26.2 Å². The van der Waals surface area contributed by atoms with Crippen LogP contribution in [0.3, 0.4) is 0 Å². The maximum atomic E-state index is 12.0. The molecule has 2 rings (SSSR count). The van der Waals surface area contributed by atoms with E-state index in [9.17, 15) is 14.9 Å². The monoisotopic (exact) mass is 545 g/mol. The number of hydrogen-bond donors (Lipinski definition) is 1. The van der Waals surface area contributed by atoms with Crippen molar-refractivity contribution < 1.29 is 9.72 Å². The van der Waals surface area contributed by atoms with E-state index in [0.29, 0.717) is 24.1 Å². The molecule has 1 amide bonds. The third-order valence-corrected chi connectivity index (χ3v) is 4.40. The van der Waals surface area contributed by atoms with Crippen LogP contribution >= 0.6 is 35.6 Å². The number of likely N-dealkylation sites (N-methyl/N-ethyl adjacent to an activating group) is 1. The summed E-state index contributed by atoms with van der Waals surface area (Å²) in [6.45, 7) is 0.998. The fraction of sp³-hybridized carbons (Fsp3) is 0.300. The number of rotatable bonds is 7. The number of halogens is 2. The van der Waals surface area contributed by atoms with Gasteiger partial charge >= 0.3 is 0 Å². The largest absolute Gasteiger partial charge is 0.347 e. The van der Waals surface area contributed by atoms with Crippen LogP contribution in [0.5, 0.6) is 0 Å². The van der Waals surface area contributed by atoms with Crippen molar-refractivity contribution in [2.45, 2.75) is 13.1 Å². The lowest BCUT2D eigenvalue weighted by Crippen LogP contribution is -2.43. The fourth-order valence-corrected chi connectivity index (χ4v) is 2.58. The molecule has 0 fully saturated rings. The van der Waals surface area contributed by atoms with Gasteiger partial charge in [0.05, 0.1) is 18.0 Å². The van der Waals surface area contributed by atoms with E-state index >= 15 is 0 Å². The zero-order chi connectivity index (χ0) is 21.4. The lowest BCUT2D eigenvalue weighted by Gasteiger charge is -2.23. The van der Waals surface area contributed by atoms with E-state index in [-0.39, 0.29) is 42.1 Å². The van der Waals surface area contributed by atoms with Crippen LogP contribution < -0.4 is 5.32 Å². The number of nitrogens with zero attached hydrogens (tertiary/aromatic N) is 4. The van der Waals surface area contributed by atoms with Gasteiger partial charge in [0.25, 0.3) is 5.69 Å². The van der Waals surface area contributed by atoms with Gasteiger partial charge in [0.2, 0.25) is 5.91 Å². The lowest BCUT2D eigenvalue weighted by molar-refractivity contribution is -0.384. The van der Waals surface area contributed by atoms with Crippen molar-refractivity contribution in [3.8, 4) is 0 Å². The van der Waals surface area contributed by atoms with Crippen LogP contribution in [0.25, 0.3) is 0 Å². The molecule has 0 radical (unpaired) electrons. The first-order valence-electron chi connectivity index (χ1n) is 8.93. The molecule has 0 aliphatic heterocycles. The van der Waals surface area contributed by atoms with Crippen LogP contribution in [0.4, 0.5) is 5.69 Å². The van der Waals surface area contributed by atoms with Gasteiger partial charge in [-0.3, -0.25) is 14.9 Å². The van der Waals surface area contributed by atoms with Gasteiger partial charge in [-0.05, 0) is 23.3 Å². The van der Waals surface area contributed by atoms with Gasteiger partial charge in [-0.25, -0.2) is 4.99 Å². The number of amides is 1. The molecule has 0 saturated carbocycles. The molecule has 10 heteroatoms. The van der Waals surface area contributed by atoms with Crippen LogP contribution in [0, 0.1) is 10.1 Å². The Morgan fingerprint density at radius 2 is 1.63 bits per heavy atom. The molecule has 0 atom stereocenters. The number of carbonyl (C=O) groups is 1. The van der Waals surface area contributed by atoms with Gasteiger partial charge in [-0.2, -0.15) is 0 Å². The van der Waals surface area contributed by atoms with Crippen molar-refractivity contribution in [3.05, 3.63) is 74.8 Å². The fourth-order valence-electron chi connectivity index (χ4n) is 2.45. The highest BCUT2D eigenvalue weighted by molar-refractivity contribution is 14.0. The first-order chi connectivity index (χ1) is 13.8. The maximum Gasteiger partial charge on any atom is 0.269 e. The summed E-state index contributed by atoms with van der Waals surface area (Å²) in [6.07, 6.45) is 0. The molecule has 0 aliphatic rings. The second kappa shape index (κ2) is 12.3. The van der Waals surface area contributed by atoms with Gasteiger partial charge in [-0.1, -0.05) is 35.9 Å². The third-order valence-electron chi connectivity index (χ3n) is 4.15. The summed E-state index contributed by atoms with van der Waals surface area (Å²) in [5, 5.41) is 14.5. The quantitative estimate of drug-likeness (QED) is 0.189. The number of non-ortho nitro benzene ring substituents is 1. The summed E-state index contributed by atoms with van der Waals surface area (Å²) in [5.41, 5.74) is 1.90. The number of aliphatic imine (C=N–C) groups is 1. The Labute approximate surface area is 198 Å². The van der Waals surface area contributed by atoms with Crippen molar-refractivity contribution in [2.75, 3.05) is 27.7 Å². The van der Waals surface area contributed by atoms with Gasteiger partial charge in [0.1, 0.15) is 0 Å². The zero-order valence-corrected chi connectivity index (χ0v) is 20.1. The molecular weight excluding hydrogens is 521 g/mol. The van der Waals surface area contributed by atoms with E-state index in [1.807, 2.05) is 36.2 Å². The lowest BCUT2D eigenvalue weighted by atomic mass is 10.2. The summed E-state index contributed by atoms with van der Waals surface area (Å²) in [6, 6.07) is 13.7. The number of nitrogens with one attached hydrogen (secondary N) is 1. The Hall–Kier alpha value is -2.40. The Morgan fingerprint density at radius 3 is 2.17 bits per heavy atom. The van der Waals surface area contributed by atoms with Crippen molar-refractivity contribution in [3.63, 3.8) is 0 Å². The molecule has 0 heterocycles. The zero-order valence-electron chi connectivity index (χ0n) is 17.0. The minimum Gasteiger partial charge on any atom is -0.347 e. The molecule has 0 spiro atoms. The smallest absolute Gasteiger partial charge is 0.269 e. The van der Waals surface area contributed by atoms with Crippen molar-refractivity contribution in [1.82, 2.24) is 15.1 Å². The molecule has 0 saturated heterocycles. The normalized spacial score (nSPS) is 10.7. The number of guanidine groups is 1. The van der Waals surface area contributed by atoms with Crippen molar-refractivity contribution in [2.24, 2.45) is 4.99 Å². The minimum atomic E-state index is -0.438. The van der Waals surface area contributed by atoms with E-state index in [1.165, 1.54) is 17.0 Å². The number of nitro benzene ring substituents is 1. The Bertz CT molecular complexity index is 873. The second-order valence-corrected chi connectivity index (χ2v) is 7.12. The molecule has 0 aromatic heterocycles. The standard InChI is InChI=1S/C20H24ClN5O3.HI/c1-24(2)19(27)13-23-20(25(3)14-16-4-8-17(21)9-5-16)22-12-15-6-10-18(11-7-15)26(28)29;/h4-11H,12-14H2,1-3H3,(H,22,23);1H. The van der Waals surface area contributed by atoms with Gasteiger partial charge < -0.3 is 15.1 Å². The summed E-state index contributed by atoms with van der Waals surface area (Å²) >= 11 is 5.94. The molecule has 2 aromatic rings. The first kappa shape index (κ1) is 25.6. The van der Waals surface area contributed by atoms with E-state index in [0.717, 1.165) is 11.1 Å². The molecule has 162 valence electrons. The van der Waals surface area contributed by atoms with Crippen LogP contribution in [-0.2, 0) is 17.9 Å². The van der Waals surface area contributed by atoms with E-state index in [2.05, 4.69) is 10.3 Å². The van der Waals surface area contributed by atoms with E-state index in [4.69, 9.17) is 11.6 Å². The predicted octanol–water partition coefficient (Wildman–Crippen LogP) is 3.53. The Balaban J connectivity index is 0.00000450. The molecule has 30 heavy (non-hydrogen) atoms. The summed E-state index contributed by atoms with van der Waals surface area (Å²) in [4.78, 5) is 30.3. The number of hydrogen-bond acceptors (Lipinski definition) is 4. The average Bonchev–Trinajstić information content (AvgIpc) is 2.69. The van der Waals surface area contributed by atoms with Gasteiger partial charge in [-0.15, -0.1) is 24.0 Å². The number of carbonyl (C=O) groups excluding carboxylic acids is 1. The highest BCUT2D eigenvalue weighted by Gasteiger charge is 2.11. The summed E-state index contributed by atoms with van der Waals surface area (Å²) in [5.74, 6) is 0.474. The number of benzene rings is 2. The molecule has 2 aromatic carbocycles. The summed E-state index contributed by atoms with van der Waals surface area (Å²) in [7, 11) is 5.25. The summed E-state index contributed by atoms with van der Waals surface area (Å²) < 4.78 is 0. The Kier molecular flexibility index (Phi) is 10.5. The molecular formula is C20H25ClIN5O3. The number of nitro groups is 1. The van der Waals surface area contributed by atoms with E-state index < -0.39 is 4.92 Å². The molecule has 1 N–H and O–H groups in total. The highest BCUT2D eigenvalue weighted by Crippen LogP contribution is 2.13. The molecule has 0 aliphatic carbocycles. The predicted molar refractivity (Wildman–Crippen MR) is 129 cm³/mol. The molecule has 8 nitrogen and oxygen atoms in total. The second-order valence-electron chi connectivity index (χ2n) is 6.69. The van der Waals surface area contributed by atoms with Crippen LogP contribution in [-0.4, -0.2) is 54.3 Å². The van der Waals surface area contributed by atoms with Crippen molar-refractivity contribution >= 4 is 53.1 Å². The highest BCUT2D eigenvalue weighted by atomic mass is 127. The minimum absolute atomic E-state index is 0. The topological polar surface area (TPSA) is 91.1 Å². The van der Waals surface area contributed by atoms with Gasteiger partial charge in [0.15, 0.2) is 5.96 Å². The van der Waals surface area contributed by atoms with Gasteiger partial charge in [0, 0.05) is 44.8 Å². The maximum absolute atomic E-state index is 12.0. The van der Waals surface area contributed by atoms with Crippen LogP contribution in [0.2, 0.25) is 5.02 Å². The first-order valence-corrected chi connectivity index (χ1v) is 9.31. The van der Waals surface area contributed by atoms with Crippen LogP contribution in [0.15, 0.2) is 53.5 Å². The third kappa shape index (κ3) is 8.15. The molecule has 0 unspecified atom stereocenters. The Morgan fingerprint density at radius 1 is 1.07 bits per heavy atom. The van der Waals surface area contributed by atoms with Crippen LogP contribution in [0.1, 0.15) is 11.1 Å². The SMILES string of the molecule is CN(C)C(=O)CNC(=NCc1ccc([N+](=O)[O-])cc1)N(C)Cc1ccc(Cl)cc1.I. The average molecular weight is 546 g/mol.